The smallest absolute Gasteiger partial charge is 0.320 e. The maximum atomic E-state index is 12.6. The van der Waals surface area contributed by atoms with Crippen molar-refractivity contribution in [3.05, 3.63) is 12.2 Å². The highest BCUT2D eigenvalue weighted by molar-refractivity contribution is 7.53. The predicted molar refractivity (Wildman–Crippen MR) is 123 cm³/mol. The monoisotopic (exact) mass is 418 g/mol. The average molecular weight is 419 g/mol. The molecular formula is C23H49NO3P+. The van der Waals surface area contributed by atoms with Gasteiger partial charge in [-0.3, -0.25) is 4.57 Å². The zero-order chi connectivity index (χ0) is 21.3. The van der Waals surface area contributed by atoms with Gasteiger partial charge in [-0.2, -0.15) is 0 Å². The van der Waals surface area contributed by atoms with Crippen molar-refractivity contribution >= 4 is 7.60 Å². The average Bonchev–Trinajstić information content (AvgIpc) is 2.61. The van der Waals surface area contributed by atoms with E-state index in [0.29, 0.717) is 17.5 Å². The fourth-order valence-corrected chi connectivity index (χ4v) is 5.55. The van der Waals surface area contributed by atoms with Gasteiger partial charge in [0.05, 0.1) is 27.7 Å². The Morgan fingerprint density at radius 2 is 1.32 bits per heavy atom. The topological polar surface area (TPSA) is 46.5 Å². The Kier molecular flexibility index (Phi) is 16.5. The van der Waals surface area contributed by atoms with Crippen LogP contribution in [0.4, 0.5) is 0 Å². The van der Waals surface area contributed by atoms with Crippen LogP contribution in [-0.4, -0.2) is 42.9 Å². The third kappa shape index (κ3) is 14.8. The van der Waals surface area contributed by atoms with E-state index in [1.807, 2.05) is 28.1 Å². The van der Waals surface area contributed by atoms with E-state index in [4.69, 9.17) is 4.52 Å². The maximum Gasteiger partial charge on any atom is 0.385 e. The SMILES string of the molecule is CCCCCCCCCCC=CCCCCOP(=O)(O)C(CCC)[N+](C)(C)C. The molecule has 0 rings (SSSR count). The van der Waals surface area contributed by atoms with Crippen LogP contribution in [-0.2, 0) is 9.09 Å². The van der Waals surface area contributed by atoms with Crippen LogP contribution in [0.25, 0.3) is 0 Å². The van der Waals surface area contributed by atoms with Gasteiger partial charge >= 0.3 is 7.60 Å². The Hall–Kier alpha value is -0.150. The van der Waals surface area contributed by atoms with E-state index in [-0.39, 0.29) is 5.78 Å². The van der Waals surface area contributed by atoms with Gasteiger partial charge in [0.1, 0.15) is 0 Å². The third-order valence-corrected chi connectivity index (χ3v) is 7.51. The molecule has 4 nitrogen and oxygen atoms in total. The minimum atomic E-state index is -3.57. The van der Waals surface area contributed by atoms with Crippen molar-refractivity contribution in [3.8, 4) is 0 Å². The number of unbranched alkanes of at least 4 members (excludes halogenated alkanes) is 10. The summed E-state index contributed by atoms with van der Waals surface area (Å²) < 4.78 is 18.5. The van der Waals surface area contributed by atoms with Crippen molar-refractivity contribution in [2.45, 2.75) is 110 Å². The second-order valence-electron chi connectivity index (χ2n) is 9.01. The summed E-state index contributed by atoms with van der Waals surface area (Å²) in [5.74, 6) is -0.343. The van der Waals surface area contributed by atoms with Crippen LogP contribution >= 0.6 is 7.60 Å². The molecule has 0 aromatic heterocycles. The Balaban J connectivity index is 3.72. The molecule has 0 fully saturated rings. The molecule has 5 heteroatoms. The first kappa shape index (κ1) is 27.8. The van der Waals surface area contributed by atoms with Gasteiger partial charge < -0.3 is 13.9 Å². The molecule has 2 unspecified atom stereocenters. The molecule has 0 radical (unpaired) electrons. The van der Waals surface area contributed by atoms with Crippen LogP contribution in [0.1, 0.15) is 104 Å². The van der Waals surface area contributed by atoms with Gasteiger partial charge in [0, 0.05) is 6.42 Å². The van der Waals surface area contributed by atoms with Crippen molar-refractivity contribution < 1.29 is 18.5 Å². The maximum absolute atomic E-state index is 12.6. The largest absolute Gasteiger partial charge is 0.385 e. The molecule has 0 bridgehead atoms. The van der Waals surface area contributed by atoms with E-state index in [1.165, 1.54) is 57.8 Å². The van der Waals surface area contributed by atoms with E-state index in [1.54, 1.807) is 0 Å². The highest BCUT2D eigenvalue weighted by Gasteiger charge is 2.41. The lowest BCUT2D eigenvalue weighted by Gasteiger charge is -2.35. The first-order valence-electron chi connectivity index (χ1n) is 11.7. The van der Waals surface area contributed by atoms with Crippen LogP contribution < -0.4 is 0 Å². The van der Waals surface area contributed by atoms with Gasteiger partial charge in [0.25, 0.3) is 0 Å². The summed E-state index contributed by atoms with van der Waals surface area (Å²) in [5.41, 5.74) is 0. The van der Waals surface area contributed by atoms with Crippen molar-refractivity contribution in [2.24, 2.45) is 0 Å². The number of rotatable bonds is 19. The van der Waals surface area contributed by atoms with Crippen LogP contribution in [0.5, 0.6) is 0 Å². The minimum absolute atomic E-state index is 0.343. The summed E-state index contributed by atoms with van der Waals surface area (Å²) in [6.45, 7) is 4.68. The standard InChI is InChI=1S/C23H48NO3P/c1-6-8-9-10-11-12-13-14-15-16-17-18-19-20-22-27-28(25,26)23(21-7-2)24(3,4)5/h16-17,23H,6-15,18-22H2,1-5H3/p+1. The number of allylic oxidation sites excluding steroid dienone is 2. The van der Waals surface area contributed by atoms with Crippen LogP contribution in [0.15, 0.2) is 12.2 Å². The van der Waals surface area contributed by atoms with E-state index >= 15 is 0 Å². The fourth-order valence-electron chi connectivity index (χ4n) is 3.52. The number of nitrogens with zero attached hydrogens (tertiary/aromatic N) is 1. The highest BCUT2D eigenvalue weighted by atomic mass is 31.2. The molecule has 0 heterocycles. The van der Waals surface area contributed by atoms with Gasteiger partial charge in [-0.1, -0.05) is 70.9 Å². The van der Waals surface area contributed by atoms with Gasteiger partial charge in [-0.25, -0.2) is 0 Å². The van der Waals surface area contributed by atoms with E-state index in [0.717, 1.165) is 25.7 Å². The molecule has 1 N–H and O–H groups in total. The molecule has 0 amide bonds. The minimum Gasteiger partial charge on any atom is -0.320 e. The fraction of sp³-hybridized carbons (Fsp3) is 0.913. The summed E-state index contributed by atoms with van der Waals surface area (Å²) >= 11 is 0. The summed E-state index contributed by atoms with van der Waals surface area (Å²) in [6, 6.07) is 0. The molecule has 0 aromatic carbocycles. The van der Waals surface area contributed by atoms with E-state index in [2.05, 4.69) is 19.1 Å². The Morgan fingerprint density at radius 1 is 0.821 bits per heavy atom. The molecule has 28 heavy (non-hydrogen) atoms. The number of quaternary nitrogens is 1. The molecule has 0 aliphatic rings. The zero-order valence-electron chi connectivity index (χ0n) is 19.5. The van der Waals surface area contributed by atoms with Gasteiger partial charge in [-0.15, -0.1) is 0 Å². The lowest BCUT2D eigenvalue weighted by atomic mass is 10.1. The van der Waals surface area contributed by atoms with Crippen LogP contribution in [0, 0.1) is 0 Å². The second kappa shape index (κ2) is 16.6. The molecule has 0 saturated carbocycles. The molecular weight excluding hydrogens is 369 g/mol. The summed E-state index contributed by atoms with van der Waals surface area (Å²) in [6.07, 6.45) is 21.1. The quantitative estimate of drug-likeness (QED) is 0.104. The molecule has 0 spiro atoms. The van der Waals surface area contributed by atoms with Crippen molar-refractivity contribution in [1.29, 1.82) is 0 Å². The van der Waals surface area contributed by atoms with Crippen molar-refractivity contribution in [1.82, 2.24) is 0 Å². The van der Waals surface area contributed by atoms with Crippen LogP contribution in [0.2, 0.25) is 0 Å². The van der Waals surface area contributed by atoms with Crippen molar-refractivity contribution in [3.63, 3.8) is 0 Å². The molecule has 0 aromatic rings. The number of hydrogen-bond acceptors (Lipinski definition) is 2. The van der Waals surface area contributed by atoms with Crippen molar-refractivity contribution in [2.75, 3.05) is 27.7 Å². The lowest BCUT2D eigenvalue weighted by molar-refractivity contribution is -0.883. The Morgan fingerprint density at radius 3 is 1.82 bits per heavy atom. The number of hydrogen-bond donors (Lipinski definition) is 1. The lowest BCUT2D eigenvalue weighted by Crippen LogP contribution is -2.45. The zero-order valence-corrected chi connectivity index (χ0v) is 20.4. The van der Waals surface area contributed by atoms with E-state index < -0.39 is 7.60 Å². The summed E-state index contributed by atoms with van der Waals surface area (Å²) in [4.78, 5) is 10.3. The summed E-state index contributed by atoms with van der Waals surface area (Å²) in [7, 11) is 2.31. The second-order valence-corrected chi connectivity index (χ2v) is 11.0. The molecule has 0 aliphatic heterocycles. The third-order valence-electron chi connectivity index (χ3n) is 5.25. The Bertz CT molecular complexity index is 432. The Labute approximate surface area is 175 Å². The summed E-state index contributed by atoms with van der Waals surface area (Å²) in [5, 5.41) is 0. The van der Waals surface area contributed by atoms with Crippen LogP contribution in [0.3, 0.4) is 0 Å². The molecule has 0 aliphatic carbocycles. The highest BCUT2D eigenvalue weighted by Crippen LogP contribution is 2.51. The normalized spacial score (nSPS) is 15.8. The van der Waals surface area contributed by atoms with Gasteiger partial charge in [0.15, 0.2) is 5.78 Å². The molecule has 0 saturated heterocycles. The van der Waals surface area contributed by atoms with Gasteiger partial charge in [0.2, 0.25) is 0 Å². The predicted octanol–water partition coefficient (Wildman–Crippen LogP) is 7.28. The molecule has 168 valence electrons. The first-order chi connectivity index (χ1) is 13.3. The van der Waals surface area contributed by atoms with E-state index in [9.17, 15) is 9.46 Å². The van der Waals surface area contributed by atoms with Gasteiger partial charge in [-0.05, 0) is 38.5 Å². The molecule has 2 atom stereocenters. The first-order valence-corrected chi connectivity index (χ1v) is 13.3.